The Morgan fingerprint density at radius 1 is 1.43 bits per heavy atom. The van der Waals surface area contributed by atoms with Crippen LogP contribution in [0.5, 0.6) is 0 Å². The number of hydrogen-bond acceptors (Lipinski definition) is 5. The van der Waals surface area contributed by atoms with Crippen molar-refractivity contribution in [2.75, 3.05) is 25.4 Å². The van der Waals surface area contributed by atoms with Crippen molar-refractivity contribution < 1.29 is 9.53 Å². The van der Waals surface area contributed by atoms with Gasteiger partial charge in [-0.3, -0.25) is 4.90 Å². The number of hydrogen-bond donors (Lipinski definition) is 1. The molecule has 1 aliphatic rings. The number of nitrogens with two attached hydrogens (primary N) is 1. The average Bonchev–Trinajstić information content (AvgIpc) is 3.25. The van der Waals surface area contributed by atoms with E-state index in [9.17, 15) is 4.79 Å². The molecule has 1 heterocycles. The fourth-order valence-corrected chi connectivity index (χ4v) is 2.65. The van der Waals surface area contributed by atoms with Crippen LogP contribution in [0.25, 0.3) is 0 Å². The lowest BCUT2D eigenvalue weighted by Crippen LogP contribution is -2.30. The van der Waals surface area contributed by atoms with Crippen LogP contribution in [-0.2, 0) is 17.7 Å². The summed E-state index contributed by atoms with van der Waals surface area (Å²) in [4.78, 5) is 18.7. The minimum Gasteiger partial charge on any atom is -0.461 e. The molecule has 0 amide bonds. The number of nitrogen functional groups attached to an aromatic ring is 1. The lowest BCUT2D eigenvalue weighted by Gasteiger charge is -2.20. The van der Waals surface area contributed by atoms with E-state index in [-0.39, 0.29) is 5.69 Å². The number of likely N-dealkylation sites (N-methyl/N-ethyl adjacent to an activating group) is 1. The first-order valence-electron chi connectivity index (χ1n) is 7.88. The second kappa shape index (κ2) is 6.93. The summed E-state index contributed by atoms with van der Waals surface area (Å²) >= 11 is 0. The van der Waals surface area contributed by atoms with E-state index in [4.69, 9.17) is 10.5 Å². The summed E-state index contributed by atoms with van der Waals surface area (Å²) < 4.78 is 6.97. The fraction of sp³-hybridized carbons (Fsp3) is 0.733. The van der Waals surface area contributed by atoms with Crippen LogP contribution in [0, 0.1) is 0 Å². The van der Waals surface area contributed by atoms with E-state index >= 15 is 0 Å². The molecule has 118 valence electrons. The van der Waals surface area contributed by atoms with Gasteiger partial charge in [-0.25, -0.2) is 9.78 Å². The Hall–Kier alpha value is -1.56. The Bertz CT molecular complexity index is 494. The molecule has 0 saturated heterocycles. The number of ether oxygens (including phenoxy) is 1. The second-order valence-corrected chi connectivity index (χ2v) is 5.35. The van der Waals surface area contributed by atoms with Crippen LogP contribution in [0.4, 0.5) is 5.82 Å². The van der Waals surface area contributed by atoms with E-state index in [0.29, 0.717) is 12.4 Å². The summed E-state index contributed by atoms with van der Waals surface area (Å²) in [7, 11) is 0. The average molecular weight is 294 g/mol. The number of anilines is 1. The van der Waals surface area contributed by atoms with E-state index in [0.717, 1.165) is 37.9 Å². The summed E-state index contributed by atoms with van der Waals surface area (Å²) in [5.41, 5.74) is 6.36. The molecule has 1 fully saturated rings. The molecule has 6 nitrogen and oxygen atoms in total. The molecule has 2 N–H and O–H groups in total. The van der Waals surface area contributed by atoms with Crippen LogP contribution in [0.15, 0.2) is 0 Å². The summed E-state index contributed by atoms with van der Waals surface area (Å²) in [5, 5.41) is 0. The second-order valence-electron chi connectivity index (χ2n) is 5.35. The molecule has 0 spiro atoms. The Labute approximate surface area is 126 Å². The number of aryl methyl sites for hydroxylation is 1. The van der Waals surface area contributed by atoms with Crippen LogP contribution in [-0.4, -0.2) is 46.2 Å². The first-order chi connectivity index (χ1) is 10.1. The molecule has 2 rings (SSSR count). The first kappa shape index (κ1) is 15.8. The molecule has 1 aromatic rings. The Balaban J connectivity index is 2.11. The lowest BCUT2D eigenvalue weighted by atomic mass is 10.4. The maximum atomic E-state index is 11.9. The third-order valence-corrected chi connectivity index (χ3v) is 3.95. The highest BCUT2D eigenvalue weighted by molar-refractivity contribution is 5.92. The van der Waals surface area contributed by atoms with Gasteiger partial charge in [0.1, 0.15) is 11.6 Å². The minimum absolute atomic E-state index is 0.253. The highest BCUT2D eigenvalue weighted by Gasteiger charge is 2.28. The minimum atomic E-state index is -0.432. The third-order valence-electron chi connectivity index (χ3n) is 3.95. The van der Waals surface area contributed by atoms with Crippen molar-refractivity contribution in [2.24, 2.45) is 0 Å². The summed E-state index contributed by atoms with van der Waals surface area (Å²) in [6, 6.07) is 0.731. The number of aromatic nitrogens is 2. The molecule has 0 aromatic carbocycles. The van der Waals surface area contributed by atoms with Gasteiger partial charge in [-0.2, -0.15) is 0 Å². The van der Waals surface area contributed by atoms with Crippen molar-refractivity contribution >= 4 is 11.8 Å². The van der Waals surface area contributed by atoms with Crippen molar-refractivity contribution in [3.8, 4) is 0 Å². The van der Waals surface area contributed by atoms with Gasteiger partial charge in [0.25, 0.3) is 0 Å². The predicted octanol–water partition coefficient (Wildman–Crippen LogP) is 1.69. The van der Waals surface area contributed by atoms with Crippen LogP contribution in [0.3, 0.4) is 0 Å². The van der Waals surface area contributed by atoms with Gasteiger partial charge < -0.3 is 15.0 Å². The summed E-state index contributed by atoms with van der Waals surface area (Å²) in [5.74, 6) is 0.845. The van der Waals surface area contributed by atoms with Crippen molar-refractivity contribution in [3.05, 3.63) is 11.5 Å². The monoisotopic (exact) mass is 294 g/mol. The molecule has 0 bridgehead atoms. The van der Waals surface area contributed by atoms with Gasteiger partial charge in [-0.05, 0) is 26.3 Å². The van der Waals surface area contributed by atoms with E-state index in [1.165, 1.54) is 12.8 Å². The molecule has 1 saturated carbocycles. The number of rotatable bonds is 8. The molecule has 6 heteroatoms. The Kier molecular flexibility index (Phi) is 5.22. The fourth-order valence-electron chi connectivity index (χ4n) is 2.65. The topological polar surface area (TPSA) is 73.4 Å². The van der Waals surface area contributed by atoms with Gasteiger partial charge >= 0.3 is 5.97 Å². The molecule has 1 aromatic heterocycles. The molecule has 0 radical (unpaired) electrons. The molecular weight excluding hydrogens is 268 g/mol. The zero-order valence-corrected chi connectivity index (χ0v) is 13.3. The van der Waals surface area contributed by atoms with Crippen LogP contribution in [0.1, 0.15) is 49.9 Å². The summed E-state index contributed by atoms with van der Waals surface area (Å²) in [6.07, 6.45) is 3.34. The zero-order chi connectivity index (χ0) is 15.4. The SMILES string of the molecule is CCOC(=O)c1nc(CC)n(CCN(CC)C2CC2)c1N. The number of carbonyl (C=O) groups is 1. The van der Waals surface area contributed by atoms with Crippen molar-refractivity contribution in [2.45, 2.75) is 52.6 Å². The summed E-state index contributed by atoms with van der Waals surface area (Å²) in [6.45, 7) is 9.07. The number of esters is 1. The van der Waals surface area contributed by atoms with Crippen LogP contribution < -0.4 is 5.73 Å². The van der Waals surface area contributed by atoms with E-state index in [1.807, 2.05) is 11.5 Å². The van der Waals surface area contributed by atoms with Crippen molar-refractivity contribution in [3.63, 3.8) is 0 Å². The van der Waals surface area contributed by atoms with Gasteiger partial charge in [0.2, 0.25) is 0 Å². The number of carbonyl (C=O) groups excluding carboxylic acids is 1. The molecule has 0 atom stereocenters. The quantitative estimate of drug-likeness (QED) is 0.739. The van der Waals surface area contributed by atoms with Crippen molar-refractivity contribution in [1.29, 1.82) is 0 Å². The lowest BCUT2D eigenvalue weighted by molar-refractivity contribution is 0.0521. The van der Waals surface area contributed by atoms with Gasteiger partial charge in [0.05, 0.1) is 6.61 Å². The molecular formula is C15H26N4O2. The van der Waals surface area contributed by atoms with Crippen molar-refractivity contribution in [1.82, 2.24) is 14.5 Å². The normalized spacial score (nSPS) is 14.7. The van der Waals surface area contributed by atoms with Gasteiger partial charge in [-0.15, -0.1) is 0 Å². The van der Waals surface area contributed by atoms with E-state index in [2.05, 4.69) is 16.8 Å². The van der Waals surface area contributed by atoms with E-state index in [1.54, 1.807) is 6.92 Å². The Morgan fingerprint density at radius 3 is 2.67 bits per heavy atom. The molecule has 0 unspecified atom stereocenters. The highest BCUT2D eigenvalue weighted by Crippen LogP contribution is 2.26. The molecule has 1 aliphatic carbocycles. The standard InChI is InChI=1S/C15H26N4O2/c1-4-12-17-13(15(20)21-6-3)14(16)19(12)10-9-18(5-2)11-7-8-11/h11H,4-10,16H2,1-3H3. The van der Waals surface area contributed by atoms with Gasteiger partial charge in [-0.1, -0.05) is 13.8 Å². The molecule has 0 aliphatic heterocycles. The predicted molar refractivity (Wildman–Crippen MR) is 82.2 cm³/mol. The third kappa shape index (κ3) is 3.56. The first-order valence-corrected chi connectivity index (χ1v) is 7.88. The van der Waals surface area contributed by atoms with Gasteiger partial charge in [0.15, 0.2) is 5.69 Å². The maximum Gasteiger partial charge on any atom is 0.360 e. The van der Waals surface area contributed by atoms with Crippen LogP contribution >= 0.6 is 0 Å². The van der Waals surface area contributed by atoms with Crippen LogP contribution in [0.2, 0.25) is 0 Å². The highest BCUT2D eigenvalue weighted by atomic mass is 16.5. The maximum absolute atomic E-state index is 11.9. The smallest absolute Gasteiger partial charge is 0.360 e. The van der Waals surface area contributed by atoms with E-state index < -0.39 is 5.97 Å². The Morgan fingerprint density at radius 2 is 2.14 bits per heavy atom. The zero-order valence-electron chi connectivity index (χ0n) is 13.3. The van der Waals surface area contributed by atoms with Gasteiger partial charge in [0, 0.05) is 25.6 Å². The number of imidazole rings is 1. The largest absolute Gasteiger partial charge is 0.461 e. The number of nitrogens with zero attached hydrogens (tertiary/aromatic N) is 3. The molecule has 21 heavy (non-hydrogen) atoms.